The van der Waals surface area contributed by atoms with E-state index in [1.807, 2.05) is 13.6 Å². The molecule has 0 fully saturated rings. The van der Waals surface area contributed by atoms with E-state index in [9.17, 15) is 9.18 Å². The fraction of sp³-hybridized carbons (Fsp3) is 0.400. The number of halogens is 1. The van der Waals surface area contributed by atoms with Crippen molar-refractivity contribution in [3.63, 3.8) is 0 Å². The third-order valence-electron chi connectivity index (χ3n) is 4.14. The van der Waals surface area contributed by atoms with Gasteiger partial charge in [0.05, 0.1) is 0 Å². The van der Waals surface area contributed by atoms with Crippen LogP contribution in [0.4, 0.5) is 10.2 Å². The van der Waals surface area contributed by atoms with E-state index in [4.69, 9.17) is 18.7 Å². The number of methoxy groups -OCH3 is 1. The summed E-state index contributed by atoms with van der Waals surface area (Å²) in [5.41, 5.74) is 2.03. The highest BCUT2D eigenvalue weighted by molar-refractivity contribution is 7.50. The van der Waals surface area contributed by atoms with E-state index in [0.717, 1.165) is 11.1 Å². The Labute approximate surface area is 171 Å². The number of rotatable bonds is 10. The molecule has 2 atom stereocenters. The van der Waals surface area contributed by atoms with Crippen molar-refractivity contribution in [1.82, 2.24) is 4.98 Å². The first-order valence-corrected chi connectivity index (χ1v) is 10.9. The summed E-state index contributed by atoms with van der Waals surface area (Å²) >= 11 is 0. The summed E-state index contributed by atoms with van der Waals surface area (Å²) < 4.78 is 34.6. The molecular weight excluding hydrogens is 398 g/mol. The quantitative estimate of drug-likeness (QED) is 0.346. The molecule has 1 aromatic carbocycles. The van der Waals surface area contributed by atoms with Gasteiger partial charge < -0.3 is 24.1 Å². The second kappa shape index (κ2) is 11.0. The van der Waals surface area contributed by atoms with E-state index < -0.39 is 20.4 Å². The summed E-state index contributed by atoms with van der Waals surface area (Å²) in [5.74, 6) is 0.114. The van der Waals surface area contributed by atoms with E-state index in [0.29, 0.717) is 23.3 Å². The van der Waals surface area contributed by atoms with Gasteiger partial charge in [-0.15, -0.1) is 0 Å². The first kappa shape index (κ1) is 23.0. The summed E-state index contributed by atoms with van der Waals surface area (Å²) in [6, 6.07) is 5.72. The number of anilines is 1. The fourth-order valence-electron chi connectivity index (χ4n) is 2.50. The van der Waals surface area contributed by atoms with Crippen molar-refractivity contribution >= 4 is 19.9 Å². The Morgan fingerprint density at radius 1 is 1.31 bits per heavy atom. The number of nitrogens with zero attached hydrogens (tertiary/aromatic N) is 1. The standard InChI is InChI=1S/C20H26FN2O5P/c1-13-10-23-19(22-3)18(20(24)28-14(2)25-4)17(13)11-29(5)27-12-26-16-8-6-15(21)7-9-16/h6-10,14H,11-12H2,1-5H3,(H,22,23). The Morgan fingerprint density at radius 2 is 2.00 bits per heavy atom. The number of pyridine rings is 1. The minimum absolute atomic E-state index is 0.0251. The highest BCUT2D eigenvalue weighted by Crippen LogP contribution is 2.39. The Morgan fingerprint density at radius 3 is 2.62 bits per heavy atom. The van der Waals surface area contributed by atoms with Gasteiger partial charge in [-0.2, -0.15) is 0 Å². The highest BCUT2D eigenvalue weighted by atomic mass is 31.1. The zero-order valence-electron chi connectivity index (χ0n) is 17.2. The van der Waals surface area contributed by atoms with Crippen molar-refractivity contribution in [1.29, 1.82) is 0 Å². The lowest BCUT2D eigenvalue weighted by molar-refractivity contribution is -0.0773. The van der Waals surface area contributed by atoms with Crippen LogP contribution in [0.1, 0.15) is 28.4 Å². The molecule has 1 aromatic heterocycles. The van der Waals surface area contributed by atoms with Gasteiger partial charge in [-0.1, -0.05) is 0 Å². The Hall–Kier alpha value is -2.28. The molecule has 7 nitrogen and oxygen atoms in total. The topological polar surface area (TPSA) is 78.9 Å². The van der Waals surface area contributed by atoms with Crippen molar-refractivity contribution < 1.29 is 27.9 Å². The molecule has 2 aromatic rings. The third kappa shape index (κ3) is 6.63. The zero-order chi connectivity index (χ0) is 21.4. The lowest BCUT2D eigenvalue weighted by Crippen LogP contribution is -2.20. The molecule has 1 N–H and O–H groups in total. The molecule has 2 unspecified atom stereocenters. The van der Waals surface area contributed by atoms with Crippen molar-refractivity contribution in [2.24, 2.45) is 0 Å². The Balaban J connectivity index is 2.09. The molecule has 0 saturated heterocycles. The molecule has 9 heteroatoms. The van der Waals surface area contributed by atoms with E-state index in [1.54, 1.807) is 20.2 Å². The molecule has 29 heavy (non-hydrogen) atoms. The summed E-state index contributed by atoms with van der Waals surface area (Å²) in [6.07, 6.45) is 1.54. The van der Waals surface area contributed by atoms with E-state index >= 15 is 0 Å². The average molecular weight is 424 g/mol. The van der Waals surface area contributed by atoms with Crippen molar-refractivity contribution in [3.05, 3.63) is 53.0 Å². The minimum Gasteiger partial charge on any atom is -0.467 e. The third-order valence-corrected chi connectivity index (χ3v) is 5.45. The Kier molecular flexibility index (Phi) is 8.76. The van der Waals surface area contributed by atoms with Crippen molar-refractivity contribution in [2.75, 3.05) is 32.9 Å². The second-order valence-electron chi connectivity index (χ2n) is 6.23. The highest BCUT2D eigenvalue weighted by Gasteiger charge is 2.24. The number of carbonyl (C=O) groups is 1. The number of esters is 1. The van der Waals surface area contributed by atoms with Gasteiger partial charge in [0.25, 0.3) is 0 Å². The van der Waals surface area contributed by atoms with Gasteiger partial charge in [-0.25, -0.2) is 14.2 Å². The van der Waals surface area contributed by atoms with E-state index in [2.05, 4.69) is 10.3 Å². The molecule has 158 valence electrons. The molecule has 0 amide bonds. The van der Waals surface area contributed by atoms with Gasteiger partial charge >= 0.3 is 5.97 Å². The fourth-order valence-corrected chi connectivity index (χ4v) is 3.68. The predicted molar refractivity (Wildman–Crippen MR) is 110 cm³/mol. The Bertz CT molecular complexity index is 819. The van der Waals surface area contributed by atoms with Gasteiger partial charge in [0.15, 0.2) is 13.1 Å². The second-order valence-corrected chi connectivity index (χ2v) is 8.06. The largest absolute Gasteiger partial charge is 0.467 e. The lowest BCUT2D eigenvalue weighted by Gasteiger charge is -2.20. The number of hydrogen-bond acceptors (Lipinski definition) is 7. The van der Waals surface area contributed by atoms with Gasteiger partial charge in [-0.05, 0) is 55.9 Å². The van der Waals surface area contributed by atoms with E-state index in [1.165, 1.54) is 31.4 Å². The number of nitrogens with one attached hydrogen (secondary N) is 1. The van der Waals surface area contributed by atoms with Crippen LogP contribution in [0.15, 0.2) is 30.5 Å². The molecule has 0 aliphatic heterocycles. The molecule has 1 heterocycles. The van der Waals surface area contributed by atoms with Crippen LogP contribution >= 0.6 is 8.15 Å². The van der Waals surface area contributed by atoms with Crippen LogP contribution in [0.5, 0.6) is 5.75 Å². The summed E-state index contributed by atoms with van der Waals surface area (Å²) in [4.78, 5) is 17.0. The lowest BCUT2D eigenvalue weighted by atomic mass is 10.1. The van der Waals surface area contributed by atoms with Gasteiger partial charge in [0.1, 0.15) is 22.9 Å². The molecule has 0 saturated carbocycles. The molecule has 0 aliphatic rings. The molecule has 0 bridgehead atoms. The van der Waals surface area contributed by atoms with Crippen LogP contribution in [0.3, 0.4) is 0 Å². The smallest absolute Gasteiger partial charge is 0.344 e. The molecule has 0 radical (unpaired) electrons. The molecule has 0 aliphatic carbocycles. The maximum atomic E-state index is 12.9. The van der Waals surface area contributed by atoms with Crippen LogP contribution in [0, 0.1) is 12.7 Å². The number of ether oxygens (including phenoxy) is 3. The monoisotopic (exact) mass is 424 g/mol. The summed E-state index contributed by atoms with van der Waals surface area (Å²) in [5, 5.41) is 2.94. The normalized spacial score (nSPS) is 12.9. The van der Waals surface area contributed by atoms with Gasteiger partial charge in [-0.3, -0.25) is 0 Å². The van der Waals surface area contributed by atoms with Crippen LogP contribution in [-0.4, -0.2) is 44.9 Å². The van der Waals surface area contributed by atoms with Crippen LogP contribution < -0.4 is 10.1 Å². The molecule has 0 spiro atoms. The number of aromatic nitrogens is 1. The number of carbonyl (C=O) groups excluding carboxylic acids is 1. The minimum atomic E-state index is -0.952. The van der Waals surface area contributed by atoms with Crippen LogP contribution in [0.2, 0.25) is 0 Å². The van der Waals surface area contributed by atoms with Crippen molar-refractivity contribution in [2.45, 2.75) is 26.3 Å². The maximum absolute atomic E-state index is 12.9. The molecule has 2 rings (SSSR count). The van der Waals surface area contributed by atoms with Gasteiger partial charge in [0, 0.05) is 34.7 Å². The number of hydrogen-bond donors (Lipinski definition) is 1. The molecular formula is C20H26FN2O5P. The predicted octanol–water partition coefficient (Wildman–Crippen LogP) is 4.30. The summed E-state index contributed by atoms with van der Waals surface area (Å²) in [7, 11) is 2.21. The summed E-state index contributed by atoms with van der Waals surface area (Å²) in [6.45, 7) is 5.49. The van der Waals surface area contributed by atoms with Crippen LogP contribution in [-0.2, 0) is 20.2 Å². The maximum Gasteiger partial charge on any atom is 0.344 e. The van der Waals surface area contributed by atoms with Crippen LogP contribution in [0.25, 0.3) is 0 Å². The van der Waals surface area contributed by atoms with Crippen molar-refractivity contribution in [3.8, 4) is 5.75 Å². The SMILES string of the molecule is CNc1ncc(C)c(CP(C)OCOc2ccc(F)cc2)c1C(=O)OC(C)OC. The number of benzene rings is 1. The first-order valence-electron chi connectivity index (χ1n) is 8.98. The first-order chi connectivity index (χ1) is 13.8. The number of aryl methyl sites for hydroxylation is 1. The van der Waals surface area contributed by atoms with Gasteiger partial charge in [0.2, 0.25) is 0 Å². The zero-order valence-corrected chi connectivity index (χ0v) is 18.1. The average Bonchev–Trinajstić information content (AvgIpc) is 2.70. The van der Waals surface area contributed by atoms with E-state index in [-0.39, 0.29) is 12.6 Å².